The summed E-state index contributed by atoms with van der Waals surface area (Å²) in [7, 11) is 1.45. The highest BCUT2D eigenvalue weighted by molar-refractivity contribution is 7.15. The van der Waals surface area contributed by atoms with Gasteiger partial charge >= 0.3 is 5.97 Å². The number of hydrogen-bond acceptors (Lipinski definition) is 4. The molecule has 1 aromatic heterocycles. The third kappa shape index (κ3) is 2.85. The van der Waals surface area contributed by atoms with E-state index in [1.54, 1.807) is 6.92 Å². The molecule has 1 aromatic rings. The van der Waals surface area contributed by atoms with E-state index in [1.165, 1.54) is 11.9 Å². The molecule has 0 amide bonds. The Kier molecular flexibility index (Phi) is 3.57. The van der Waals surface area contributed by atoms with Crippen molar-refractivity contribution in [2.24, 2.45) is 0 Å². The Balaban J connectivity index is 2.87. The van der Waals surface area contributed by atoms with E-state index < -0.39 is 18.9 Å². The first-order chi connectivity index (χ1) is 6.91. The number of hydrogen-bond donors (Lipinski definition) is 1. The smallest absolute Gasteiger partial charge is 0.355 e. The monoisotopic (exact) mass is 236 g/mol. The van der Waals surface area contributed by atoms with Crippen LogP contribution in [0.5, 0.6) is 0 Å². The van der Waals surface area contributed by atoms with Crippen LogP contribution < -0.4 is 4.90 Å². The molecule has 0 atom stereocenters. The second kappa shape index (κ2) is 4.52. The van der Waals surface area contributed by atoms with Crippen LogP contribution in [-0.2, 0) is 0 Å². The number of anilines is 1. The van der Waals surface area contributed by atoms with Crippen molar-refractivity contribution in [3.63, 3.8) is 0 Å². The van der Waals surface area contributed by atoms with Crippen molar-refractivity contribution < 1.29 is 18.7 Å². The van der Waals surface area contributed by atoms with E-state index in [2.05, 4.69) is 4.98 Å². The van der Waals surface area contributed by atoms with Gasteiger partial charge in [-0.15, -0.1) is 11.3 Å². The number of aryl methyl sites for hydroxylation is 1. The van der Waals surface area contributed by atoms with Gasteiger partial charge in [-0.25, -0.2) is 18.6 Å². The molecule has 0 aromatic carbocycles. The van der Waals surface area contributed by atoms with Crippen molar-refractivity contribution in [2.75, 3.05) is 18.5 Å². The number of carboxylic acids is 1. The summed E-state index contributed by atoms with van der Waals surface area (Å²) < 4.78 is 24.1. The molecule has 84 valence electrons. The van der Waals surface area contributed by atoms with Gasteiger partial charge in [0.1, 0.15) is 0 Å². The number of aromatic nitrogens is 1. The van der Waals surface area contributed by atoms with E-state index in [4.69, 9.17) is 5.11 Å². The molecule has 0 bridgehead atoms. The molecule has 1 N–H and O–H groups in total. The summed E-state index contributed by atoms with van der Waals surface area (Å²) in [4.78, 5) is 16.2. The highest BCUT2D eigenvalue weighted by Gasteiger charge is 2.17. The van der Waals surface area contributed by atoms with Gasteiger partial charge in [0.2, 0.25) is 0 Å². The summed E-state index contributed by atoms with van der Waals surface area (Å²) in [6.45, 7) is 1.15. The Bertz CT molecular complexity index is 368. The van der Waals surface area contributed by atoms with Gasteiger partial charge in [0.15, 0.2) is 10.8 Å². The zero-order valence-electron chi connectivity index (χ0n) is 8.20. The molecule has 0 radical (unpaired) electrons. The first-order valence-electron chi connectivity index (χ1n) is 4.11. The molecular weight excluding hydrogens is 226 g/mol. The Labute approximate surface area is 89.2 Å². The highest BCUT2D eigenvalue weighted by Crippen LogP contribution is 2.25. The molecule has 0 spiro atoms. The van der Waals surface area contributed by atoms with E-state index in [0.29, 0.717) is 10.0 Å². The van der Waals surface area contributed by atoms with Crippen LogP contribution in [0.25, 0.3) is 0 Å². The molecule has 1 heterocycles. The molecule has 1 rings (SSSR count). The molecule has 15 heavy (non-hydrogen) atoms. The van der Waals surface area contributed by atoms with Crippen LogP contribution in [0.2, 0.25) is 0 Å². The second-order valence-electron chi connectivity index (χ2n) is 2.98. The maximum Gasteiger partial charge on any atom is 0.355 e. The second-order valence-corrected chi connectivity index (χ2v) is 4.16. The maximum absolute atomic E-state index is 12.1. The van der Waals surface area contributed by atoms with Crippen LogP contribution in [0, 0.1) is 6.92 Å². The standard InChI is InChI=1S/C8H10F2N2O2S/c1-4-6(7(13)14)11-8(15-4)12(2)3-5(9)10/h5H,3H2,1-2H3,(H,13,14). The van der Waals surface area contributed by atoms with Crippen molar-refractivity contribution in [2.45, 2.75) is 13.3 Å². The van der Waals surface area contributed by atoms with E-state index in [0.717, 1.165) is 11.3 Å². The molecule has 0 fully saturated rings. The topological polar surface area (TPSA) is 53.4 Å². The third-order valence-corrected chi connectivity index (χ3v) is 2.81. The molecular formula is C8H10F2N2O2S. The van der Waals surface area contributed by atoms with Crippen LogP contribution in [-0.4, -0.2) is 36.1 Å². The molecule has 7 heteroatoms. The van der Waals surface area contributed by atoms with E-state index in [9.17, 15) is 13.6 Å². The van der Waals surface area contributed by atoms with Crippen LogP contribution >= 0.6 is 11.3 Å². The number of carboxylic acid groups (broad SMARTS) is 1. The fraction of sp³-hybridized carbons (Fsp3) is 0.500. The molecule has 0 aliphatic heterocycles. The lowest BCUT2D eigenvalue weighted by atomic mass is 10.4. The minimum absolute atomic E-state index is 0.0730. The largest absolute Gasteiger partial charge is 0.476 e. The van der Waals surface area contributed by atoms with Crippen molar-refractivity contribution in [3.05, 3.63) is 10.6 Å². The fourth-order valence-corrected chi connectivity index (χ4v) is 1.90. The summed E-state index contributed by atoms with van der Waals surface area (Å²) in [6, 6.07) is 0. The summed E-state index contributed by atoms with van der Waals surface area (Å²) >= 11 is 1.09. The number of nitrogens with zero attached hydrogens (tertiary/aromatic N) is 2. The average molecular weight is 236 g/mol. The minimum Gasteiger partial charge on any atom is -0.476 e. The van der Waals surface area contributed by atoms with Gasteiger partial charge in [-0.2, -0.15) is 0 Å². The van der Waals surface area contributed by atoms with Gasteiger partial charge < -0.3 is 10.0 Å². The molecule has 4 nitrogen and oxygen atoms in total. The van der Waals surface area contributed by atoms with E-state index >= 15 is 0 Å². The SMILES string of the molecule is Cc1sc(N(C)CC(F)F)nc1C(=O)O. The number of alkyl halides is 2. The maximum atomic E-state index is 12.1. The minimum atomic E-state index is -2.47. The van der Waals surface area contributed by atoms with Gasteiger partial charge in [-0.3, -0.25) is 0 Å². The van der Waals surface area contributed by atoms with Gasteiger partial charge in [0, 0.05) is 11.9 Å². The predicted octanol–water partition coefficient (Wildman–Crippen LogP) is 1.85. The first-order valence-corrected chi connectivity index (χ1v) is 4.93. The fourth-order valence-electron chi connectivity index (χ4n) is 1.03. The van der Waals surface area contributed by atoms with Gasteiger partial charge in [0.05, 0.1) is 6.54 Å². The van der Waals surface area contributed by atoms with Crippen molar-refractivity contribution in [1.82, 2.24) is 4.98 Å². The molecule has 0 aliphatic carbocycles. The number of carbonyl (C=O) groups is 1. The molecule has 0 saturated heterocycles. The molecule has 0 aliphatic rings. The lowest BCUT2D eigenvalue weighted by molar-refractivity contribution is 0.0690. The van der Waals surface area contributed by atoms with Crippen LogP contribution in [0.4, 0.5) is 13.9 Å². The van der Waals surface area contributed by atoms with Crippen LogP contribution in [0.3, 0.4) is 0 Å². The summed E-state index contributed by atoms with van der Waals surface area (Å²) in [5, 5.41) is 9.02. The number of rotatable bonds is 4. The number of halogens is 2. The molecule has 0 saturated carbocycles. The lowest BCUT2D eigenvalue weighted by Crippen LogP contribution is -2.23. The predicted molar refractivity (Wildman–Crippen MR) is 53.1 cm³/mol. The zero-order valence-corrected chi connectivity index (χ0v) is 9.02. The van der Waals surface area contributed by atoms with E-state index in [1.807, 2.05) is 0 Å². The summed E-state index contributed by atoms with van der Waals surface area (Å²) in [6.07, 6.45) is -2.47. The number of thiazole rings is 1. The van der Waals surface area contributed by atoms with Crippen LogP contribution in [0.1, 0.15) is 15.4 Å². The zero-order chi connectivity index (χ0) is 11.6. The Morgan fingerprint density at radius 3 is 2.67 bits per heavy atom. The summed E-state index contributed by atoms with van der Waals surface area (Å²) in [5.74, 6) is -1.14. The Hall–Kier alpha value is -1.24. The molecule has 0 unspecified atom stereocenters. The Morgan fingerprint density at radius 2 is 2.27 bits per heavy atom. The van der Waals surface area contributed by atoms with Crippen molar-refractivity contribution >= 4 is 22.4 Å². The summed E-state index contributed by atoms with van der Waals surface area (Å²) in [5.41, 5.74) is -0.0730. The normalized spacial score (nSPS) is 10.7. The number of aromatic carboxylic acids is 1. The van der Waals surface area contributed by atoms with E-state index in [-0.39, 0.29) is 5.69 Å². The first kappa shape index (κ1) is 11.8. The van der Waals surface area contributed by atoms with Gasteiger partial charge in [-0.1, -0.05) is 0 Å². The van der Waals surface area contributed by atoms with Gasteiger partial charge in [-0.05, 0) is 6.92 Å². The Morgan fingerprint density at radius 1 is 1.67 bits per heavy atom. The van der Waals surface area contributed by atoms with Gasteiger partial charge in [0.25, 0.3) is 6.43 Å². The highest BCUT2D eigenvalue weighted by atomic mass is 32.1. The quantitative estimate of drug-likeness (QED) is 0.866. The third-order valence-electron chi connectivity index (χ3n) is 1.73. The van der Waals surface area contributed by atoms with Crippen molar-refractivity contribution in [3.8, 4) is 0 Å². The lowest BCUT2D eigenvalue weighted by Gasteiger charge is -2.14. The van der Waals surface area contributed by atoms with Crippen molar-refractivity contribution in [1.29, 1.82) is 0 Å². The average Bonchev–Trinajstić information content (AvgIpc) is 2.46. The van der Waals surface area contributed by atoms with Crippen LogP contribution in [0.15, 0.2) is 0 Å².